The minimum atomic E-state index is 0.750. The molecule has 0 bridgehead atoms. The summed E-state index contributed by atoms with van der Waals surface area (Å²) in [6.45, 7) is 4.06. The predicted octanol–water partition coefficient (Wildman–Crippen LogP) is 1.58. The number of rotatable bonds is 4. The van der Waals surface area contributed by atoms with Crippen LogP contribution in [0.4, 0.5) is 0 Å². The van der Waals surface area contributed by atoms with E-state index in [1.807, 2.05) is 0 Å². The van der Waals surface area contributed by atoms with E-state index in [0.29, 0.717) is 0 Å². The Morgan fingerprint density at radius 3 is 2.86 bits per heavy atom. The zero-order valence-corrected chi connectivity index (χ0v) is 5.24. The molecule has 1 nitrogen and oxygen atoms in total. The second-order valence-corrected chi connectivity index (χ2v) is 1.49. The van der Waals surface area contributed by atoms with Crippen LogP contribution in [0.3, 0.4) is 0 Å². The van der Waals surface area contributed by atoms with E-state index >= 15 is 0 Å². The van der Waals surface area contributed by atoms with Gasteiger partial charge in [0.15, 0.2) is 0 Å². The lowest BCUT2D eigenvalue weighted by atomic mass is 10.3. The first-order chi connectivity index (χ1) is 3.41. The number of halogens is 1. The van der Waals surface area contributed by atoms with Crippen LogP contribution < -0.4 is 0 Å². The molecule has 0 fully saturated rings. The van der Waals surface area contributed by atoms with Gasteiger partial charge in [-0.15, -0.1) is 0 Å². The lowest BCUT2D eigenvalue weighted by Crippen LogP contribution is -1.92. The van der Waals surface area contributed by atoms with Gasteiger partial charge in [0.05, 0.1) is 0 Å². The van der Waals surface area contributed by atoms with E-state index in [-0.39, 0.29) is 0 Å². The fourth-order valence-electron chi connectivity index (χ4n) is 0.272. The fourth-order valence-corrected chi connectivity index (χ4v) is 0.361. The van der Waals surface area contributed by atoms with Crippen LogP contribution in [-0.2, 0) is 4.65 Å². The van der Waals surface area contributed by atoms with Crippen molar-refractivity contribution in [2.75, 3.05) is 6.61 Å². The van der Waals surface area contributed by atoms with Crippen molar-refractivity contribution in [2.24, 2.45) is 0 Å². The SMILES string of the molecule is CCCCO[B]Cl. The number of hydrogen-bond acceptors (Lipinski definition) is 1. The second kappa shape index (κ2) is 6.31. The van der Waals surface area contributed by atoms with Gasteiger partial charge in [-0.1, -0.05) is 13.3 Å². The standard InChI is InChI=1S/C4H9BClO/c1-2-3-4-7-5-6/h2-4H2,1H3. The van der Waals surface area contributed by atoms with Crippen molar-refractivity contribution >= 4 is 18.4 Å². The summed E-state index contributed by atoms with van der Waals surface area (Å²) in [4.78, 5) is 0. The molecule has 0 rings (SSSR count). The van der Waals surface area contributed by atoms with Crippen LogP contribution in [0, 0.1) is 0 Å². The Balaban J connectivity index is 2.45. The summed E-state index contributed by atoms with van der Waals surface area (Å²) in [6.07, 6.45) is 2.24. The van der Waals surface area contributed by atoms with Gasteiger partial charge in [-0.05, 0) is 6.42 Å². The summed E-state index contributed by atoms with van der Waals surface area (Å²) < 4.78 is 4.71. The summed E-state index contributed by atoms with van der Waals surface area (Å²) in [5.74, 6) is 0. The van der Waals surface area contributed by atoms with Crippen LogP contribution in [0.15, 0.2) is 0 Å². The highest BCUT2D eigenvalue weighted by Crippen LogP contribution is 1.86. The molecule has 0 atom stereocenters. The fraction of sp³-hybridized carbons (Fsp3) is 1.00. The summed E-state index contributed by atoms with van der Waals surface area (Å²) in [5, 5.41) is 0. The minimum Gasteiger partial charge on any atom is -0.425 e. The zero-order valence-electron chi connectivity index (χ0n) is 4.48. The van der Waals surface area contributed by atoms with Crippen molar-refractivity contribution in [1.82, 2.24) is 0 Å². The first kappa shape index (κ1) is 7.31. The average molecular weight is 119 g/mol. The van der Waals surface area contributed by atoms with Gasteiger partial charge in [0.25, 0.3) is 0 Å². The highest BCUT2D eigenvalue weighted by Gasteiger charge is 1.82. The molecule has 0 N–H and O–H groups in total. The molecule has 0 saturated carbocycles. The molecule has 0 aliphatic heterocycles. The third-order valence-electron chi connectivity index (χ3n) is 0.679. The van der Waals surface area contributed by atoms with E-state index in [2.05, 4.69) is 6.92 Å². The molecular weight excluding hydrogens is 110 g/mol. The van der Waals surface area contributed by atoms with E-state index in [1.54, 1.807) is 0 Å². The van der Waals surface area contributed by atoms with E-state index in [0.717, 1.165) is 19.4 Å². The molecule has 0 amide bonds. The van der Waals surface area contributed by atoms with Gasteiger partial charge < -0.3 is 4.65 Å². The summed E-state index contributed by atoms with van der Waals surface area (Å²) in [6, 6.07) is 0. The smallest absolute Gasteiger partial charge is 0.414 e. The van der Waals surface area contributed by atoms with Gasteiger partial charge in [-0.25, -0.2) is 0 Å². The topological polar surface area (TPSA) is 9.23 Å². The van der Waals surface area contributed by atoms with Gasteiger partial charge >= 0.3 is 6.90 Å². The number of hydrogen-bond donors (Lipinski definition) is 0. The molecule has 0 aromatic heterocycles. The Kier molecular flexibility index (Phi) is 6.60. The Bertz CT molecular complexity index is 30.9. The molecule has 0 spiro atoms. The van der Waals surface area contributed by atoms with Crippen LogP contribution in [-0.4, -0.2) is 13.5 Å². The van der Waals surface area contributed by atoms with Crippen molar-refractivity contribution in [3.63, 3.8) is 0 Å². The number of unbranched alkanes of at least 4 members (excludes halogenated alkanes) is 1. The van der Waals surface area contributed by atoms with Gasteiger partial charge in [0, 0.05) is 6.61 Å². The average Bonchev–Trinajstić information content (AvgIpc) is 1.69. The molecule has 0 aromatic carbocycles. The Morgan fingerprint density at radius 1 is 1.71 bits per heavy atom. The predicted molar refractivity (Wildman–Crippen MR) is 32.5 cm³/mol. The van der Waals surface area contributed by atoms with Crippen LogP contribution in [0.5, 0.6) is 0 Å². The van der Waals surface area contributed by atoms with Crippen LogP contribution in [0.25, 0.3) is 0 Å². The van der Waals surface area contributed by atoms with Crippen molar-refractivity contribution in [1.29, 1.82) is 0 Å². The molecular formula is C4H9BClO. The summed E-state index contributed by atoms with van der Waals surface area (Å²) >= 11 is 5.09. The third kappa shape index (κ3) is 6.31. The molecule has 0 aliphatic carbocycles. The van der Waals surface area contributed by atoms with Crippen molar-refractivity contribution in [3.8, 4) is 0 Å². The molecule has 0 unspecified atom stereocenters. The van der Waals surface area contributed by atoms with Gasteiger partial charge in [0.1, 0.15) is 0 Å². The maximum absolute atomic E-state index is 5.09. The quantitative estimate of drug-likeness (QED) is 0.403. The molecule has 0 aliphatic rings. The maximum atomic E-state index is 5.09. The van der Waals surface area contributed by atoms with Gasteiger partial charge in [-0.3, -0.25) is 0 Å². The Labute approximate surface area is 50.2 Å². The molecule has 3 heteroatoms. The lowest BCUT2D eigenvalue weighted by molar-refractivity contribution is 0.335. The van der Waals surface area contributed by atoms with Crippen LogP contribution in [0.1, 0.15) is 19.8 Å². The van der Waals surface area contributed by atoms with Crippen molar-refractivity contribution < 1.29 is 4.65 Å². The third-order valence-corrected chi connectivity index (χ3v) is 0.805. The normalized spacial score (nSPS) is 8.86. The van der Waals surface area contributed by atoms with Gasteiger partial charge in [-0.2, -0.15) is 11.5 Å². The van der Waals surface area contributed by atoms with Gasteiger partial charge in [0.2, 0.25) is 0 Å². The molecule has 0 aromatic rings. The molecule has 0 saturated heterocycles. The molecule has 0 heterocycles. The summed E-state index contributed by atoms with van der Waals surface area (Å²) in [7, 11) is 0. The Hall–Kier alpha value is 0.315. The first-order valence-electron chi connectivity index (χ1n) is 2.45. The van der Waals surface area contributed by atoms with E-state index in [4.69, 9.17) is 16.1 Å². The van der Waals surface area contributed by atoms with Crippen LogP contribution >= 0.6 is 11.5 Å². The highest BCUT2D eigenvalue weighted by atomic mass is 35.5. The largest absolute Gasteiger partial charge is 0.425 e. The van der Waals surface area contributed by atoms with Crippen molar-refractivity contribution in [2.45, 2.75) is 19.8 Å². The molecule has 7 heavy (non-hydrogen) atoms. The molecule has 41 valence electrons. The highest BCUT2D eigenvalue weighted by molar-refractivity contribution is 6.89. The monoisotopic (exact) mass is 119 g/mol. The summed E-state index contributed by atoms with van der Waals surface area (Å²) in [5.41, 5.74) is 0. The Morgan fingerprint density at radius 2 is 2.43 bits per heavy atom. The maximum Gasteiger partial charge on any atom is 0.414 e. The van der Waals surface area contributed by atoms with E-state index < -0.39 is 0 Å². The zero-order chi connectivity index (χ0) is 5.54. The van der Waals surface area contributed by atoms with Crippen LogP contribution in [0.2, 0.25) is 0 Å². The first-order valence-corrected chi connectivity index (χ1v) is 2.89. The minimum absolute atomic E-state index is 0.750. The lowest BCUT2D eigenvalue weighted by Gasteiger charge is -1.92. The van der Waals surface area contributed by atoms with Crippen molar-refractivity contribution in [3.05, 3.63) is 0 Å². The van der Waals surface area contributed by atoms with E-state index in [9.17, 15) is 0 Å². The second-order valence-electron chi connectivity index (χ2n) is 1.31. The van der Waals surface area contributed by atoms with E-state index in [1.165, 1.54) is 6.90 Å². The molecule has 1 radical (unpaired) electrons.